The minimum absolute atomic E-state index is 0.129. The third-order valence-corrected chi connectivity index (χ3v) is 4.22. The first-order chi connectivity index (χ1) is 9.66. The number of carbonyl (C=O) groups is 2. The van der Waals surface area contributed by atoms with Crippen LogP contribution in [0.15, 0.2) is 0 Å². The number of hydrogen-bond acceptors (Lipinski definition) is 3. The molecule has 1 saturated carbocycles. The molecule has 1 heterocycles. The Morgan fingerprint density at radius 3 is 2.20 bits per heavy atom. The Morgan fingerprint density at radius 2 is 1.65 bits per heavy atom. The molecule has 5 nitrogen and oxygen atoms in total. The third-order valence-electron chi connectivity index (χ3n) is 4.22. The van der Waals surface area contributed by atoms with Gasteiger partial charge in [0.05, 0.1) is 13.0 Å². The zero-order chi connectivity index (χ0) is 14.4. The molecular weight excluding hydrogens is 256 g/mol. The lowest BCUT2D eigenvalue weighted by Gasteiger charge is -2.28. The molecule has 0 aromatic rings. The lowest BCUT2D eigenvalue weighted by Crippen LogP contribution is -2.43. The normalized spacial score (nSPS) is 20.6. The van der Waals surface area contributed by atoms with E-state index in [9.17, 15) is 9.59 Å². The molecule has 2 rings (SSSR count). The SMILES string of the molecule is O=C(O)CCN(CC(=O)N1CCCCCCC1)C1CC1. The number of aliphatic carboxylic acids is 1. The van der Waals surface area contributed by atoms with Crippen molar-refractivity contribution in [3.63, 3.8) is 0 Å². The molecule has 0 radical (unpaired) electrons. The highest BCUT2D eigenvalue weighted by molar-refractivity contribution is 5.78. The Balaban J connectivity index is 1.81. The highest BCUT2D eigenvalue weighted by Crippen LogP contribution is 2.27. The van der Waals surface area contributed by atoms with Gasteiger partial charge in [0.15, 0.2) is 0 Å². The van der Waals surface area contributed by atoms with Crippen molar-refractivity contribution in [2.45, 2.75) is 57.4 Å². The van der Waals surface area contributed by atoms with Gasteiger partial charge in [-0.1, -0.05) is 19.3 Å². The van der Waals surface area contributed by atoms with E-state index in [0.29, 0.717) is 19.1 Å². The maximum atomic E-state index is 12.4. The number of likely N-dealkylation sites (tertiary alicyclic amines) is 1. The fraction of sp³-hybridized carbons (Fsp3) is 0.867. The fourth-order valence-corrected chi connectivity index (χ4v) is 2.84. The molecule has 114 valence electrons. The summed E-state index contributed by atoms with van der Waals surface area (Å²) in [6.07, 6.45) is 8.26. The van der Waals surface area contributed by atoms with Gasteiger partial charge in [-0.05, 0) is 25.7 Å². The summed E-state index contributed by atoms with van der Waals surface area (Å²) < 4.78 is 0. The quantitative estimate of drug-likeness (QED) is 0.806. The summed E-state index contributed by atoms with van der Waals surface area (Å²) in [5.41, 5.74) is 0. The van der Waals surface area contributed by atoms with Crippen LogP contribution in [0.5, 0.6) is 0 Å². The van der Waals surface area contributed by atoms with Gasteiger partial charge in [0.1, 0.15) is 0 Å². The van der Waals surface area contributed by atoms with Gasteiger partial charge in [0.2, 0.25) is 5.91 Å². The van der Waals surface area contributed by atoms with E-state index in [1.165, 1.54) is 19.3 Å². The van der Waals surface area contributed by atoms with Gasteiger partial charge in [-0.15, -0.1) is 0 Å². The topological polar surface area (TPSA) is 60.9 Å². The molecule has 5 heteroatoms. The van der Waals surface area contributed by atoms with Crippen molar-refractivity contribution in [3.8, 4) is 0 Å². The number of carboxylic acid groups (broad SMARTS) is 1. The molecule has 2 aliphatic rings. The first kappa shape index (κ1) is 15.3. The van der Waals surface area contributed by atoms with E-state index in [2.05, 4.69) is 4.90 Å². The van der Waals surface area contributed by atoms with Crippen molar-refractivity contribution in [1.82, 2.24) is 9.80 Å². The number of carbonyl (C=O) groups excluding carboxylic acids is 1. The maximum Gasteiger partial charge on any atom is 0.304 e. The van der Waals surface area contributed by atoms with Crippen LogP contribution < -0.4 is 0 Å². The van der Waals surface area contributed by atoms with Gasteiger partial charge >= 0.3 is 5.97 Å². The standard InChI is InChI=1S/C15H26N2O3/c18-14(16-9-4-2-1-3-5-10-16)12-17(13-6-7-13)11-8-15(19)20/h13H,1-12H2,(H,19,20). The van der Waals surface area contributed by atoms with Crippen LogP contribution >= 0.6 is 0 Å². The van der Waals surface area contributed by atoms with Crippen LogP contribution in [-0.2, 0) is 9.59 Å². The molecule has 20 heavy (non-hydrogen) atoms. The van der Waals surface area contributed by atoms with E-state index < -0.39 is 5.97 Å². The van der Waals surface area contributed by atoms with Gasteiger partial charge in [-0.3, -0.25) is 14.5 Å². The third kappa shape index (κ3) is 5.12. The molecule has 1 amide bonds. The first-order valence-electron chi connectivity index (χ1n) is 7.90. The molecule has 0 atom stereocenters. The van der Waals surface area contributed by atoms with Gasteiger partial charge in [-0.25, -0.2) is 0 Å². The molecule has 0 aromatic carbocycles. The van der Waals surface area contributed by atoms with Crippen LogP contribution in [-0.4, -0.2) is 59.0 Å². The fourth-order valence-electron chi connectivity index (χ4n) is 2.84. The smallest absolute Gasteiger partial charge is 0.304 e. The zero-order valence-corrected chi connectivity index (χ0v) is 12.2. The molecule has 0 aromatic heterocycles. The Kier molecular flexibility index (Phi) is 5.83. The Bertz CT molecular complexity index is 334. The molecule has 2 fully saturated rings. The highest BCUT2D eigenvalue weighted by atomic mass is 16.4. The largest absolute Gasteiger partial charge is 0.481 e. The zero-order valence-electron chi connectivity index (χ0n) is 12.2. The van der Waals surface area contributed by atoms with Gasteiger partial charge < -0.3 is 10.0 Å². The number of carboxylic acids is 1. The number of amides is 1. The van der Waals surface area contributed by atoms with Crippen molar-refractivity contribution < 1.29 is 14.7 Å². The average molecular weight is 282 g/mol. The molecule has 0 spiro atoms. The van der Waals surface area contributed by atoms with Crippen LogP contribution in [0.3, 0.4) is 0 Å². The Hall–Kier alpha value is -1.10. The second kappa shape index (κ2) is 7.62. The summed E-state index contributed by atoms with van der Waals surface area (Å²) in [5.74, 6) is -0.599. The van der Waals surface area contributed by atoms with E-state index in [1.54, 1.807) is 0 Å². The first-order valence-corrected chi connectivity index (χ1v) is 7.90. The monoisotopic (exact) mass is 282 g/mol. The van der Waals surface area contributed by atoms with E-state index in [-0.39, 0.29) is 12.3 Å². The van der Waals surface area contributed by atoms with Crippen LogP contribution in [0.4, 0.5) is 0 Å². The predicted molar refractivity (Wildman–Crippen MR) is 76.5 cm³/mol. The Labute approximate surface area is 120 Å². The van der Waals surface area contributed by atoms with Crippen LogP contribution in [0, 0.1) is 0 Å². The molecule has 0 unspecified atom stereocenters. The van der Waals surface area contributed by atoms with Crippen molar-refractivity contribution >= 4 is 11.9 Å². The number of nitrogens with zero attached hydrogens (tertiary/aromatic N) is 2. The minimum Gasteiger partial charge on any atom is -0.481 e. The average Bonchev–Trinajstić information content (AvgIpc) is 3.17. The number of hydrogen-bond donors (Lipinski definition) is 1. The van der Waals surface area contributed by atoms with Gasteiger partial charge in [-0.2, -0.15) is 0 Å². The Morgan fingerprint density at radius 1 is 1.05 bits per heavy atom. The lowest BCUT2D eigenvalue weighted by molar-refractivity contribution is -0.138. The second-order valence-electron chi connectivity index (χ2n) is 5.99. The van der Waals surface area contributed by atoms with Crippen LogP contribution in [0.25, 0.3) is 0 Å². The number of rotatable bonds is 6. The van der Waals surface area contributed by atoms with Crippen LogP contribution in [0.1, 0.15) is 51.4 Å². The van der Waals surface area contributed by atoms with Gasteiger partial charge in [0, 0.05) is 25.7 Å². The minimum atomic E-state index is -0.783. The summed E-state index contributed by atoms with van der Waals surface area (Å²) in [4.78, 5) is 27.1. The van der Waals surface area contributed by atoms with Crippen molar-refractivity contribution in [3.05, 3.63) is 0 Å². The van der Waals surface area contributed by atoms with Crippen molar-refractivity contribution in [2.24, 2.45) is 0 Å². The predicted octanol–water partition coefficient (Wildman–Crippen LogP) is 1.72. The van der Waals surface area contributed by atoms with Gasteiger partial charge in [0.25, 0.3) is 0 Å². The van der Waals surface area contributed by atoms with E-state index in [4.69, 9.17) is 5.11 Å². The summed E-state index contributed by atoms with van der Waals surface area (Å²) in [5, 5.41) is 8.79. The highest BCUT2D eigenvalue weighted by Gasteiger charge is 2.31. The molecule has 1 N–H and O–H groups in total. The molecular formula is C15H26N2O3. The van der Waals surface area contributed by atoms with E-state index in [1.807, 2.05) is 4.90 Å². The maximum absolute atomic E-state index is 12.4. The molecule has 1 saturated heterocycles. The summed E-state index contributed by atoms with van der Waals surface area (Å²) in [6, 6.07) is 0.438. The molecule has 1 aliphatic heterocycles. The second-order valence-corrected chi connectivity index (χ2v) is 5.99. The summed E-state index contributed by atoms with van der Waals surface area (Å²) in [7, 11) is 0. The van der Waals surface area contributed by atoms with E-state index >= 15 is 0 Å². The summed E-state index contributed by atoms with van der Waals surface area (Å²) >= 11 is 0. The van der Waals surface area contributed by atoms with Crippen molar-refractivity contribution in [2.75, 3.05) is 26.2 Å². The lowest BCUT2D eigenvalue weighted by atomic mass is 10.1. The van der Waals surface area contributed by atoms with Crippen LogP contribution in [0.2, 0.25) is 0 Å². The summed E-state index contributed by atoms with van der Waals surface area (Å²) in [6.45, 7) is 2.64. The van der Waals surface area contributed by atoms with E-state index in [0.717, 1.165) is 38.8 Å². The van der Waals surface area contributed by atoms with Crippen molar-refractivity contribution in [1.29, 1.82) is 0 Å². The molecule has 0 bridgehead atoms. The molecule has 1 aliphatic carbocycles.